The fraction of sp³-hybridized carbons (Fsp3) is 0.500. The molecule has 0 aromatic carbocycles. The number of methoxy groups -OCH3 is 1. The molecule has 0 saturated heterocycles. The van der Waals surface area contributed by atoms with Gasteiger partial charge in [-0.05, 0) is 51.3 Å². The molecule has 0 aliphatic rings. The third-order valence-corrected chi connectivity index (χ3v) is 7.49. The van der Waals surface area contributed by atoms with Gasteiger partial charge in [0.25, 0.3) is 0 Å². The first kappa shape index (κ1) is 17.6. The van der Waals surface area contributed by atoms with Crippen LogP contribution >= 0.6 is 54.5 Å². The molecule has 0 fully saturated rings. The smallest absolute Gasteiger partial charge is 0.115 e. The zero-order chi connectivity index (χ0) is 15.4. The van der Waals surface area contributed by atoms with Crippen molar-refractivity contribution >= 4 is 54.5 Å². The van der Waals surface area contributed by atoms with E-state index in [9.17, 15) is 0 Å². The van der Waals surface area contributed by atoms with Gasteiger partial charge in [0, 0.05) is 27.9 Å². The Balaban J connectivity index is 2.30. The van der Waals surface area contributed by atoms with Crippen LogP contribution in [0.5, 0.6) is 0 Å². The molecular weight excluding hydrogens is 436 g/mol. The molecule has 2 rings (SSSR count). The van der Waals surface area contributed by atoms with Gasteiger partial charge < -0.3 is 10.1 Å². The average Bonchev–Trinajstić information content (AvgIpc) is 2.98. The summed E-state index contributed by atoms with van der Waals surface area (Å²) in [6, 6.07) is 2.28. The Morgan fingerprint density at radius 2 is 2.14 bits per heavy atom. The lowest BCUT2D eigenvalue weighted by molar-refractivity contribution is 0.197. The number of aryl methyl sites for hydroxylation is 2. The molecule has 0 aliphatic heterocycles. The molecule has 116 valence electrons. The van der Waals surface area contributed by atoms with Crippen molar-refractivity contribution in [2.75, 3.05) is 20.3 Å². The van der Waals surface area contributed by atoms with Crippen molar-refractivity contribution in [2.45, 2.75) is 26.3 Å². The highest BCUT2D eigenvalue weighted by atomic mass is 79.9. The average molecular weight is 454 g/mol. The van der Waals surface area contributed by atoms with E-state index >= 15 is 0 Å². The van der Waals surface area contributed by atoms with Crippen molar-refractivity contribution in [1.29, 1.82) is 0 Å². The fourth-order valence-electron chi connectivity index (χ4n) is 2.02. The Morgan fingerprint density at radius 3 is 2.67 bits per heavy atom. The van der Waals surface area contributed by atoms with Crippen LogP contribution in [-0.4, -0.2) is 25.2 Å². The number of halogens is 2. The summed E-state index contributed by atoms with van der Waals surface area (Å²) in [5.41, 5.74) is 1.20. The standard InChI is InChI=1S/C14H18Br2N2OS2/c1-4-10-8(2)20-14(18-10)12(17-5-6-19-3)11-7-9(15)13(16)21-11/h7,12,17H,4-6H2,1-3H3. The lowest BCUT2D eigenvalue weighted by Crippen LogP contribution is -2.25. The van der Waals surface area contributed by atoms with Crippen LogP contribution in [0.2, 0.25) is 0 Å². The van der Waals surface area contributed by atoms with E-state index < -0.39 is 0 Å². The largest absolute Gasteiger partial charge is 0.383 e. The van der Waals surface area contributed by atoms with Crippen LogP contribution in [0.3, 0.4) is 0 Å². The van der Waals surface area contributed by atoms with Crippen molar-refractivity contribution in [2.24, 2.45) is 0 Å². The van der Waals surface area contributed by atoms with Gasteiger partial charge in [0.2, 0.25) is 0 Å². The zero-order valence-corrected chi connectivity index (χ0v) is 17.0. The van der Waals surface area contributed by atoms with E-state index in [0.717, 1.165) is 26.2 Å². The number of thiazole rings is 1. The molecule has 2 aromatic heterocycles. The van der Waals surface area contributed by atoms with Crippen molar-refractivity contribution in [3.63, 3.8) is 0 Å². The summed E-state index contributed by atoms with van der Waals surface area (Å²) in [5, 5.41) is 4.68. The molecular formula is C14H18Br2N2OS2. The molecule has 1 unspecified atom stereocenters. The predicted molar refractivity (Wildman–Crippen MR) is 97.7 cm³/mol. The van der Waals surface area contributed by atoms with Gasteiger partial charge in [0.05, 0.1) is 22.1 Å². The number of ether oxygens (including phenoxy) is 1. The highest BCUT2D eigenvalue weighted by molar-refractivity contribution is 9.13. The Bertz CT molecular complexity index is 578. The molecule has 0 spiro atoms. The summed E-state index contributed by atoms with van der Waals surface area (Å²) < 4.78 is 7.35. The fourth-order valence-corrected chi connectivity index (χ4v) is 5.37. The predicted octanol–water partition coefficient (Wildman–Crippen LogP) is 4.93. The maximum Gasteiger partial charge on any atom is 0.115 e. The molecule has 0 saturated carbocycles. The van der Waals surface area contributed by atoms with Crippen molar-refractivity contribution in [3.05, 3.63) is 34.8 Å². The molecule has 1 N–H and O–H groups in total. The van der Waals surface area contributed by atoms with Crippen LogP contribution in [0.15, 0.2) is 14.3 Å². The third kappa shape index (κ3) is 4.36. The number of hydrogen-bond acceptors (Lipinski definition) is 5. The highest BCUT2D eigenvalue weighted by Gasteiger charge is 2.21. The first-order valence-corrected chi connectivity index (χ1v) is 9.92. The second-order valence-corrected chi connectivity index (χ2v) is 9.05. The summed E-state index contributed by atoms with van der Waals surface area (Å²) >= 11 is 10.6. The quantitative estimate of drug-likeness (QED) is 0.603. The summed E-state index contributed by atoms with van der Waals surface area (Å²) in [5.74, 6) is 0. The van der Waals surface area contributed by atoms with E-state index in [0.29, 0.717) is 6.61 Å². The van der Waals surface area contributed by atoms with Crippen molar-refractivity contribution in [3.8, 4) is 0 Å². The Morgan fingerprint density at radius 1 is 1.38 bits per heavy atom. The number of nitrogens with one attached hydrogen (secondary N) is 1. The summed E-state index contributed by atoms with van der Waals surface area (Å²) in [6.07, 6.45) is 0.977. The number of hydrogen-bond donors (Lipinski definition) is 1. The number of rotatable bonds is 7. The minimum atomic E-state index is 0.122. The number of aromatic nitrogens is 1. The number of nitrogens with zero attached hydrogens (tertiary/aromatic N) is 1. The monoisotopic (exact) mass is 452 g/mol. The van der Waals surface area contributed by atoms with E-state index in [1.807, 2.05) is 0 Å². The van der Waals surface area contributed by atoms with Crippen LogP contribution in [0.4, 0.5) is 0 Å². The second-order valence-electron chi connectivity index (χ2n) is 4.56. The maximum atomic E-state index is 5.15. The molecule has 7 heteroatoms. The van der Waals surface area contributed by atoms with Crippen molar-refractivity contribution < 1.29 is 4.74 Å². The summed E-state index contributed by atoms with van der Waals surface area (Å²) in [7, 11) is 1.72. The highest BCUT2D eigenvalue weighted by Crippen LogP contribution is 2.38. The minimum Gasteiger partial charge on any atom is -0.383 e. The van der Waals surface area contributed by atoms with Crippen LogP contribution in [0.1, 0.15) is 33.4 Å². The summed E-state index contributed by atoms with van der Waals surface area (Å²) in [6.45, 7) is 5.79. The van der Waals surface area contributed by atoms with E-state index in [-0.39, 0.29) is 6.04 Å². The molecule has 21 heavy (non-hydrogen) atoms. The van der Waals surface area contributed by atoms with E-state index in [1.54, 1.807) is 29.8 Å². The molecule has 3 nitrogen and oxygen atoms in total. The molecule has 0 aliphatic carbocycles. The van der Waals surface area contributed by atoms with Crippen molar-refractivity contribution in [1.82, 2.24) is 10.3 Å². The van der Waals surface area contributed by atoms with Gasteiger partial charge in [-0.25, -0.2) is 4.98 Å². The Kier molecular flexibility index (Phi) is 6.83. The van der Waals surface area contributed by atoms with Gasteiger partial charge >= 0.3 is 0 Å². The molecule has 0 amide bonds. The van der Waals surface area contributed by atoms with E-state index in [4.69, 9.17) is 9.72 Å². The SMILES string of the molecule is CCc1nc(C(NCCOC)c2cc(Br)c(Br)s2)sc1C. The minimum absolute atomic E-state index is 0.122. The van der Waals surface area contributed by atoms with Gasteiger partial charge in [-0.3, -0.25) is 0 Å². The molecule has 0 radical (unpaired) electrons. The lowest BCUT2D eigenvalue weighted by atomic mass is 10.2. The van der Waals surface area contributed by atoms with E-state index in [2.05, 4.69) is 57.1 Å². The molecule has 2 heterocycles. The number of thiophene rings is 1. The molecule has 2 aromatic rings. The topological polar surface area (TPSA) is 34.2 Å². The lowest BCUT2D eigenvalue weighted by Gasteiger charge is -2.14. The van der Waals surface area contributed by atoms with Crippen LogP contribution in [-0.2, 0) is 11.2 Å². The molecule has 0 bridgehead atoms. The van der Waals surface area contributed by atoms with Gasteiger partial charge in [0.15, 0.2) is 0 Å². The second kappa shape index (κ2) is 8.17. The first-order chi connectivity index (χ1) is 10.1. The Hall–Kier alpha value is 0.210. The molecule has 1 atom stereocenters. The summed E-state index contributed by atoms with van der Waals surface area (Å²) in [4.78, 5) is 7.37. The Labute approximate surface area is 150 Å². The van der Waals surface area contributed by atoms with E-state index in [1.165, 1.54) is 15.4 Å². The van der Waals surface area contributed by atoms with Gasteiger partial charge in [-0.1, -0.05) is 6.92 Å². The zero-order valence-electron chi connectivity index (χ0n) is 12.2. The van der Waals surface area contributed by atoms with Gasteiger partial charge in [0.1, 0.15) is 5.01 Å². The maximum absolute atomic E-state index is 5.15. The van der Waals surface area contributed by atoms with Crippen LogP contribution in [0.25, 0.3) is 0 Å². The van der Waals surface area contributed by atoms with Gasteiger partial charge in [-0.2, -0.15) is 0 Å². The van der Waals surface area contributed by atoms with Crippen LogP contribution < -0.4 is 5.32 Å². The van der Waals surface area contributed by atoms with Gasteiger partial charge in [-0.15, -0.1) is 22.7 Å². The first-order valence-electron chi connectivity index (χ1n) is 6.70. The van der Waals surface area contributed by atoms with Crippen LogP contribution in [0, 0.1) is 6.92 Å². The normalized spacial score (nSPS) is 12.8. The third-order valence-electron chi connectivity index (χ3n) is 3.09.